The lowest BCUT2D eigenvalue weighted by molar-refractivity contribution is 1.16. The van der Waals surface area contributed by atoms with Gasteiger partial charge < -0.3 is 5.32 Å². The fourth-order valence-corrected chi connectivity index (χ4v) is 2.30. The SMILES string of the molecule is Cc1ccsc1CNc1ccnc(Cl)c1. The Morgan fingerprint density at radius 3 is 3.00 bits per heavy atom. The van der Waals surface area contributed by atoms with Crippen molar-refractivity contribution in [2.24, 2.45) is 0 Å². The van der Waals surface area contributed by atoms with Crippen LogP contribution in [0.5, 0.6) is 0 Å². The molecule has 0 bridgehead atoms. The van der Waals surface area contributed by atoms with Gasteiger partial charge in [-0.2, -0.15) is 0 Å². The number of anilines is 1. The molecule has 0 atom stereocenters. The molecular formula is C11H11ClN2S. The van der Waals surface area contributed by atoms with Crippen LogP contribution >= 0.6 is 22.9 Å². The van der Waals surface area contributed by atoms with Crippen molar-refractivity contribution in [2.75, 3.05) is 5.32 Å². The maximum atomic E-state index is 5.79. The monoisotopic (exact) mass is 238 g/mol. The minimum absolute atomic E-state index is 0.517. The number of nitrogens with one attached hydrogen (secondary N) is 1. The van der Waals surface area contributed by atoms with Gasteiger partial charge >= 0.3 is 0 Å². The van der Waals surface area contributed by atoms with Crippen molar-refractivity contribution in [3.63, 3.8) is 0 Å². The van der Waals surface area contributed by atoms with Gasteiger partial charge in [-0.05, 0) is 36.1 Å². The zero-order valence-electron chi connectivity index (χ0n) is 8.33. The maximum absolute atomic E-state index is 5.79. The second kappa shape index (κ2) is 4.64. The Morgan fingerprint density at radius 1 is 1.47 bits per heavy atom. The topological polar surface area (TPSA) is 24.9 Å². The van der Waals surface area contributed by atoms with Crippen LogP contribution in [0.15, 0.2) is 29.8 Å². The molecule has 2 nitrogen and oxygen atoms in total. The first-order valence-corrected chi connectivity index (χ1v) is 5.90. The van der Waals surface area contributed by atoms with Crippen molar-refractivity contribution in [3.8, 4) is 0 Å². The molecule has 0 radical (unpaired) electrons. The Hall–Kier alpha value is -1.06. The first kappa shape index (κ1) is 10.5. The molecule has 1 N–H and O–H groups in total. The third-order valence-electron chi connectivity index (χ3n) is 2.15. The van der Waals surface area contributed by atoms with Crippen LogP contribution in [-0.2, 0) is 6.54 Å². The van der Waals surface area contributed by atoms with E-state index in [0.717, 1.165) is 12.2 Å². The number of hydrogen-bond acceptors (Lipinski definition) is 3. The van der Waals surface area contributed by atoms with E-state index in [2.05, 4.69) is 28.7 Å². The number of hydrogen-bond donors (Lipinski definition) is 1. The van der Waals surface area contributed by atoms with E-state index in [0.29, 0.717) is 5.15 Å². The largest absolute Gasteiger partial charge is 0.380 e. The summed E-state index contributed by atoms with van der Waals surface area (Å²) in [6.07, 6.45) is 1.70. The third-order valence-corrected chi connectivity index (χ3v) is 3.38. The van der Waals surface area contributed by atoms with Crippen LogP contribution in [0.3, 0.4) is 0 Å². The predicted molar refractivity (Wildman–Crippen MR) is 65.6 cm³/mol. The highest BCUT2D eigenvalue weighted by molar-refractivity contribution is 7.10. The number of nitrogens with zero attached hydrogens (tertiary/aromatic N) is 1. The number of aromatic nitrogens is 1. The van der Waals surface area contributed by atoms with E-state index in [-0.39, 0.29) is 0 Å². The molecule has 4 heteroatoms. The van der Waals surface area contributed by atoms with Gasteiger partial charge in [-0.15, -0.1) is 11.3 Å². The van der Waals surface area contributed by atoms with Gasteiger partial charge in [-0.25, -0.2) is 4.98 Å². The summed E-state index contributed by atoms with van der Waals surface area (Å²) in [4.78, 5) is 5.28. The Morgan fingerprint density at radius 2 is 2.33 bits per heavy atom. The van der Waals surface area contributed by atoms with Gasteiger partial charge in [0.15, 0.2) is 0 Å². The van der Waals surface area contributed by atoms with Gasteiger partial charge in [0.2, 0.25) is 0 Å². The normalized spacial score (nSPS) is 10.3. The van der Waals surface area contributed by atoms with E-state index in [1.54, 1.807) is 17.5 Å². The highest BCUT2D eigenvalue weighted by atomic mass is 35.5. The summed E-state index contributed by atoms with van der Waals surface area (Å²) >= 11 is 7.55. The summed E-state index contributed by atoms with van der Waals surface area (Å²) in [5, 5.41) is 5.93. The van der Waals surface area contributed by atoms with Crippen LogP contribution in [0.4, 0.5) is 5.69 Å². The van der Waals surface area contributed by atoms with E-state index in [1.807, 2.05) is 12.1 Å². The highest BCUT2D eigenvalue weighted by Crippen LogP contribution is 2.18. The van der Waals surface area contributed by atoms with Crippen LogP contribution < -0.4 is 5.32 Å². The Bertz CT molecular complexity index is 453. The fourth-order valence-electron chi connectivity index (χ4n) is 1.28. The van der Waals surface area contributed by atoms with E-state index in [9.17, 15) is 0 Å². The van der Waals surface area contributed by atoms with Crippen LogP contribution in [-0.4, -0.2) is 4.98 Å². The van der Waals surface area contributed by atoms with Crippen molar-refractivity contribution < 1.29 is 0 Å². The molecular weight excluding hydrogens is 228 g/mol. The standard InChI is InChI=1S/C11H11ClN2S/c1-8-3-5-15-10(8)7-14-9-2-4-13-11(12)6-9/h2-6H,7H2,1H3,(H,13,14). The van der Waals surface area contributed by atoms with Gasteiger partial charge in [0.25, 0.3) is 0 Å². The lowest BCUT2D eigenvalue weighted by Gasteiger charge is -2.05. The van der Waals surface area contributed by atoms with E-state index in [4.69, 9.17) is 11.6 Å². The molecule has 15 heavy (non-hydrogen) atoms. The second-order valence-corrected chi connectivity index (χ2v) is 4.64. The second-order valence-electron chi connectivity index (χ2n) is 3.25. The molecule has 2 aromatic rings. The Labute approximate surface area is 97.9 Å². The third kappa shape index (κ3) is 2.70. The van der Waals surface area contributed by atoms with Gasteiger partial charge in [-0.3, -0.25) is 0 Å². The maximum Gasteiger partial charge on any atom is 0.131 e. The molecule has 0 aliphatic carbocycles. The lowest BCUT2D eigenvalue weighted by Crippen LogP contribution is -1.98. The van der Waals surface area contributed by atoms with Crippen LogP contribution in [0.1, 0.15) is 10.4 Å². The molecule has 2 heterocycles. The molecule has 0 saturated heterocycles. The van der Waals surface area contributed by atoms with Crippen LogP contribution in [0.2, 0.25) is 5.15 Å². The molecule has 0 amide bonds. The molecule has 2 aromatic heterocycles. The molecule has 0 fully saturated rings. The smallest absolute Gasteiger partial charge is 0.131 e. The first-order valence-electron chi connectivity index (χ1n) is 4.64. The van der Waals surface area contributed by atoms with Gasteiger partial charge in [0, 0.05) is 23.3 Å². The molecule has 0 aliphatic heterocycles. The van der Waals surface area contributed by atoms with Crippen molar-refractivity contribution in [2.45, 2.75) is 13.5 Å². The lowest BCUT2D eigenvalue weighted by atomic mass is 10.3. The molecule has 0 spiro atoms. The first-order chi connectivity index (χ1) is 7.25. The van der Waals surface area contributed by atoms with Crippen molar-refractivity contribution in [3.05, 3.63) is 45.4 Å². The highest BCUT2D eigenvalue weighted by Gasteiger charge is 1.99. The number of pyridine rings is 1. The number of rotatable bonds is 3. The van der Waals surface area contributed by atoms with Crippen molar-refractivity contribution in [1.29, 1.82) is 0 Å². The summed E-state index contributed by atoms with van der Waals surface area (Å²) in [7, 11) is 0. The minimum Gasteiger partial charge on any atom is -0.380 e. The zero-order chi connectivity index (χ0) is 10.7. The van der Waals surface area contributed by atoms with Crippen LogP contribution in [0.25, 0.3) is 0 Å². The fraction of sp³-hybridized carbons (Fsp3) is 0.182. The molecule has 78 valence electrons. The molecule has 2 rings (SSSR count). The van der Waals surface area contributed by atoms with Crippen LogP contribution in [0, 0.1) is 6.92 Å². The van der Waals surface area contributed by atoms with Gasteiger partial charge in [-0.1, -0.05) is 11.6 Å². The molecule has 0 aromatic carbocycles. The Balaban J connectivity index is 2.02. The van der Waals surface area contributed by atoms with Crippen molar-refractivity contribution in [1.82, 2.24) is 4.98 Å². The average molecular weight is 239 g/mol. The number of thiophene rings is 1. The average Bonchev–Trinajstić information content (AvgIpc) is 2.61. The molecule has 0 unspecified atom stereocenters. The molecule has 0 saturated carbocycles. The van der Waals surface area contributed by atoms with E-state index in [1.165, 1.54) is 10.4 Å². The van der Waals surface area contributed by atoms with Crippen molar-refractivity contribution >= 4 is 28.6 Å². The number of halogens is 1. The minimum atomic E-state index is 0.517. The van der Waals surface area contributed by atoms with Gasteiger partial charge in [0.1, 0.15) is 5.15 Å². The summed E-state index contributed by atoms with van der Waals surface area (Å²) in [5.74, 6) is 0. The molecule has 0 aliphatic rings. The Kier molecular flexibility index (Phi) is 3.23. The quantitative estimate of drug-likeness (QED) is 0.825. The van der Waals surface area contributed by atoms with E-state index >= 15 is 0 Å². The predicted octanol–water partition coefficient (Wildman–Crippen LogP) is 3.72. The number of aryl methyl sites for hydroxylation is 1. The summed E-state index contributed by atoms with van der Waals surface area (Å²) in [6, 6.07) is 5.86. The van der Waals surface area contributed by atoms with E-state index < -0.39 is 0 Å². The zero-order valence-corrected chi connectivity index (χ0v) is 9.90. The van der Waals surface area contributed by atoms with Gasteiger partial charge in [0.05, 0.1) is 0 Å². The summed E-state index contributed by atoms with van der Waals surface area (Å²) < 4.78 is 0. The summed E-state index contributed by atoms with van der Waals surface area (Å²) in [6.45, 7) is 2.96. The summed E-state index contributed by atoms with van der Waals surface area (Å²) in [5.41, 5.74) is 2.33.